The summed E-state index contributed by atoms with van der Waals surface area (Å²) in [5.74, 6) is -0.0970. The molecule has 4 rings (SSSR count). The molecule has 3 atom stereocenters. The second kappa shape index (κ2) is 9.40. The van der Waals surface area contributed by atoms with E-state index >= 15 is 0 Å². The molecule has 3 amide bonds. The van der Waals surface area contributed by atoms with E-state index in [-0.39, 0.29) is 35.8 Å². The number of rotatable bonds is 7. The van der Waals surface area contributed by atoms with Crippen LogP contribution in [0.25, 0.3) is 0 Å². The van der Waals surface area contributed by atoms with E-state index in [4.69, 9.17) is 0 Å². The molecule has 1 aromatic carbocycles. The first-order valence-electron chi connectivity index (χ1n) is 10.3. The number of nitrogens with zero attached hydrogens (tertiary/aromatic N) is 1. The van der Waals surface area contributed by atoms with Crippen LogP contribution in [0.15, 0.2) is 47.8 Å². The Hall–Kier alpha value is -2.71. The van der Waals surface area contributed by atoms with E-state index in [0.717, 1.165) is 4.88 Å². The van der Waals surface area contributed by atoms with Crippen molar-refractivity contribution in [2.75, 3.05) is 13.1 Å². The summed E-state index contributed by atoms with van der Waals surface area (Å²) in [6.07, 6.45) is 1.67. The average Bonchev–Trinajstić information content (AvgIpc) is 3.43. The topological polar surface area (TPSA) is 90.5 Å². The monoisotopic (exact) mass is 426 g/mol. The molecule has 2 saturated heterocycles. The number of carbonyl (C=O) groups is 3. The molecule has 7 nitrogen and oxygen atoms in total. The van der Waals surface area contributed by atoms with Crippen molar-refractivity contribution in [3.05, 3.63) is 58.3 Å². The van der Waals surface area contributed by atoms with Crippen LogP contribution < -0.4 is 16.0 Å². The van der Waals surface area contributed by atoms with Crippen molar-refractivity contribution < 1.29 is 14.4 Å². The van der Waals surface area contributed by atoms with E-state index in [2.05, 4.69) is 20.9 Å². The van der Waals surface area contributed by atoms with Crippen LogP contribution in [-0.2, 0) is 16.1 Å². The highest BCUT2D eigenvalue weighted by molar-refractivity contribution is 7.09. The molecule has 3 N–H and O–H groups in total. The van der Waals surface area contributed by atoms with Crippen LogP contribution in [0.3, 0.4) is 0 Å². The lowest BCUT2D eigenvalue weighted by molar-refractivity contribution is -0.129. The van der Waals surface area contributed by atoms with Gasteiger partial charge in [-0.1, -0.05) is 24.3 Å². The SMILES string of the molecule is O=C(CCC1CNC(=O)C2CC(NC(=O)c3ccccc3)CN12)NCc1cccs1. The summed E-state index contributed by atoms with van der Waals surface area (Å²) in [5.41, 5.74) is 0.616. The predicted molar refractivity (Wildman–Crippen MR) is 115 cm³/mol. The lowest BCUT2D eigenvalue weighted by Crippen LogP contribution is -2.58. The Morgan fingerprint density at radius 2 is 2.00 bits per heavy atom. The zero-order valence-electron chi connectivity index (χ0n) is 16.7. The first kappa shape index (κ1) is 20.6. The molecule has 3 heterocycles. The Kier molecular flexibility index (Phi) is 6.44. The Labute approximate surface area is 179 Å². The minimum absolute atomic E-state index is 0.00450. The maximum atomic E-state index is 12.5. The molecule has 30 heavy (non-hydrogen) atoms. The Morgan fingerprint density at radius 1 is 1.17 bits per heavy atom. The molecule has 0 spiro atoms. The molecule has 0 aliphatic carbocycles. The maximum absolute atomic E-state index is 12.5. The van der Waals surface area contributed by atoms with Gasteiger partial charge in [0.05, 0.1) is 12.6 Å². The highest BCUT2D eigenvalue weighted by Crippen LogP contribution is 2.26. The summed E-state index contributed by atoms with van der Waals surface area (Å²) in [7, 11) is 0. The number of hydrogen-bond acceptors (Lipinski definition) is 5. The van der Waals surface area contributed by atoms with Crippen LogP contribution in [0, 0.1) is 0 Å². The Balaban J connectivity index is 1.29. The van der Waals surface area contributed by atoms with Gasteiger partial charge in [-0.3, -0.25) is 19.3 Å². The molecular formula is C22H26N4O3S. The van der Waals surface area contributed by atoms with Crippen molar-refractivity contribution in [1.29, 1.82) is 0 Å². The van der Waals surface area contributed by atoms with Gasteiger partial charge in [-0.2, -0.15) is 0 Å². The van der Waals surface area contributed by atoms with Crippen LogP contribution >= 0.6 is 11.3 Å². The summed E-state index contributed by atoms with van der Waals surface area (Å²) in [4.78, 5) is 40.3. The van der Waals surface area contributed by atoms with Gasteiger partial charge in [0.2, 0.25) is 11.8 Å². The van der Waals surface area contributed by atoms with Crippen LogP contribution in [0.5, 0.6) is 0 Å². The lowest BCUT2D eigenvalue weighted by Gasteiger charge is -2.37. The van der Waals surface area contributed by atoms with Gasteiger partial charge in [-0.05, 0) is 36.4 Å². The number of carbonyl (C=O) groups excluding carboxylic acids is 3. The molecule has 158 valence electrons. The van der Waals surface area contributed by atoms with Crippen LogP contribution in [0.4, 0.5) is 0 Å². The van der Waals surface area contributed by atoms with Crippen LogP contribution in [0.1, 0.15) is 34.5 Å². The summed E-state index contributed by atoms with van der Waals surface area (Å²) >= 11 is 1.62. The highest BCUT2D eigenvalue weighted by atomic mass is 32.1. The summed E-state index contributed by atoms with van der Waals surface area (Å²) in [6, 6.07) is 12.8. The van der Waals surface area contributed by atoms with Crippen LogP contribution in [0.2, 0.25) is 0 Å². The quantitative estimate of drug-likeness (QED) is 0.626. The predicted octanol–water partition coefficient (Wildman–Crippen LogP) is 1.52. The number of hydrogen-bond donors (Lipinski definition) is 3. The first-order valence-corrected chi connectivity index (χ1v) is 11.2. The van der Waals surface area contributed by atoms with Gasteiger partial charge < -0.3 is 16.0 Å². The fourth-order valence-electron chi connectivity index (χ4n) is 4.19. The van der Waals surface area contributed by atoms with Gasteiger partial charge in [0.1, 0.15) is 0 Å². The van der Waals surface area contributed by atoms with Crippen molar-refractivity contribution in [3.8, 4) is 0 Å². The molecule has 0 bridgehead atoms. The molecule has 1 aromatic heterocycles. The first-order chi connectivity index (χ1) is 14.6. The number of piperazine rings is 1. The summed E-state index contributed by atoms with van der Waals surface area (Å²) < 4.78 is 0. The standard InChI is InChI=1S/C22H26N4O3S/c27-20(23-13-18-7-4-10-30-18)9-8-17-12-24-22(29)19-11-16(14-26(17)19)25-21(28)15-5-2-1-3-6-15/h1-7,10,16-17,19H,8-9,11-14H2,(H,23,27)(H,24,29)(H,25,28). The fraction of sp³-hybridized carbons (Fsp3) is 0.409. The lowest BCUT2D eigenvalue weighted by atomic mass is 10.0. The Morgan fingerprint density at radius 3 is 2.77 bits per heavy atom. The Bertz CT molecular complexity index is 887. The van der Waals surface area contributed by atoms with Crippen molar-refractivity contribution >= 4 is 29.1 Å². The minimum atomic E-state index is -0.251. The van der Waals surface area contributed by atoms with E-state index < -0.39 is 0 Å². The van der Waals surface area contributed by atoms with Gasteiger partial charge in [-0.15, -0.1) is 11.3 Å². The second-order valence-electron chi connectivity index (χ2n) is 7.78. The third-order valence-electron chi connectivity index (χ3n) is 5.74. The number of benzene rings is 1. The summed E-state index contributed by atoms with van der Waals surface area (Å²) in [6.45, 7) is 1.71. The van der Waals surface area contributed by atoms with Crippen molar-refractivity contribution in [2.24, 2.45) is 0 Å². The van der Waals surface area contributed by atoms with Gasteiger partial charge in [-0.25, -0.2) is 0 Å². The third-order valence-corrected chi connectivity index (χ3v) is 6.61. The molecule has 2 aliphatic rings. The van der Waals surface area contributed by atoms with Gasteiger partial charge in [0.25, 0.3) is 5.91 Å². The van der Waals surface area contributed by atoms with Gasteiger partial charge in [0.15, 0.2) is 0 Å². The molecule has 0 saturated carbocycles. The number of nitrogens with one attached hydrogen (secondary N) is 3. The molecule has 8 heteroatoms. The van der Waals surface area contributed by atoms with Crippen molar-refractivity contribution in [2.45, 2.75) is 43.9 Å². The van der Waals surface area contributed by atoms with Crippen molar-refractivity contribution in [1.82, 2.24) is 20.9 Å². The minimum Gasteiger partial charge on any atom is -0.353 e. The summed E-state index contributed by atoms with van der Waals surface area (Å²) in [5, 5.41) is 11.0. The van der Waals surface area contributed by atoms with Gasteiger partial charge >= 0.3 is 0 Å². The smallest absolute Gasteiger partial charge is 0.251 e. The van der Waals surface area contributed by atoms with E-state index in [1.165, 1.54) is 0 Å². The normalized spacial score (nSPS) is 23.5. The molecule has 2 aromatic rings. The molecule has 2 fully saturated rings. The molecule has 0 radical (unpaired) electrons. The number of fused-ring (bicyclic) bond motifs is 1. The number of amides is 3. The fourth-order valence-corrected chi connectivity index (χ4v) is 4.84. The zero-order chi connectivity index (χ0) is 20.9. The third kappa shape index (κ3) is 4.88. The molecule has 3 unspecified atom stereocenters. The zero-order valence-corrected chi connectivity index (χ0v) is 17.5. The van der Waals surface area contributed by atoms with Crippen molar-refractivity contribution in [3.63, 3.8) is 0 Å². The highest BCUT2D eigenvalue weighted by Gasteiger charge is 2.43. The largest absolute Gasteiger partial charge is 0.353 e. The average molecular weight is 427 g/mol. The molecular weight excluding hydrogens is 400 g/mol. The second-order valence-corrected chi connectivity index (χ2v) is 8.81. The van der Waals surface area contributed by atoms with E-state index in [1.807, 2.05) is 35.7 Å². The van der Waals surface area contributed by atoms with Crippen LogP contribution in [-0.4, -0.2) is 53.8 Å². The van der Waals surface area contributed by atoms with Gasteiger partial charge in [0, 0.05) is 42.0 Å². The molecule has 2 aliphatic heterocycles. The van der Waals surface area contributed by atoms with E-state index in [0.29, 0.717) is 44.5 Å². The van der Waals surface area contributed by atoms with E-state index in [1.54, 1.807) is 23.5 Å². The maximum Gasteiger partial charge on any atom is 0.251 e. The number of thiophene rings is 1. The van der Waals surface area contributed by atoms with E-state index in [9.17, 15) is 14.4 Å².